The molecule has 7 nitrogen and oxygen atoms in total. The summed E-state index contributed by atoms with van der Waals surface area (Å²) in [6, 6.07) is 0. The molecule has 0 radical (unpaired) electrons. The standard InChI is InChI=1S/C16H27N3O4/c1-4-14-17-6-8-19(14)7-5-15(20)18-9-12-10-23-11-13(21-2)16(12)22-3/h6,8,12-13,16H,4-5,7,9-11H2,1-3H3,(H,18,20)/t12-,13-,16+/m1/s1. The van der Waals surface area contributed by atoms with Crippen molar-refractivity contribution in [2.24, 2.45) is 5.92 Å². The van der Waals surface area contributed by atoms with E-state index in [1.165, 1.54) is 0 Å². The lowest BCUT2D eigenvalue weighted by Crippen LogP contribution is -2.50. The smallest absolute Gasteiger partial charge is 0.221 e. The normalized spacial score (nSPS) is 24.6. The van der Waals surface area contributed by atoms with Crippen LogP contribution in [0.25, 0.3) is 0 Å². The van der Waals surface area contributed by atoms with E-state index >= 15 is 0 Å². The molecular formula is C16H27N3O4. The van der Waals surface area contributed by atoms with E-state index in [9.17, 15) is 4.79 Å². The summed E-state index contributed by atoms with van der Waals surface area (Å²) < 4.78 is 18.4. The van der Waals surface area contributed by atoms with E-state index in [-0.39, 0.29) is 24.0 Å². The van der Waals surface area contributed by atoms with Gasteiger partial charge in [-0.15, -0.1) is 0 Å². The van der Waals surface area contributed by atoms with Crippen LogP contribution < -0.4 is 5.32 Å². The van der Waals surface area contributed by atoms with Crippen molar-refractivity contribution in [1.82, 2.24) is 14.9 Å². The zero-order chi connectivity index (χ0) is 16.7. The van der Waals surface area contributed by atoms with E-state index in [2.05, 4.69) is 17.2 Å². The van der Waals surface area contributed by atoms with Gasteiger partial charge in [-0.1, -0.05) is 6.92 Å². The Kier molecular flexibility index (Phi) is 7.01. The summed E-state index contributed by atoms with van der Waals surface area (Å²) in [5, 5.41) is 2.97. The fraction of sp³-hybridized carbons (Fsp3) is 0.750. The van der Waals surface area contributed by atoms with Gasteiger partial charge in [0, 0.05) is 58.5 Å². The van der Waals surface area contributed by atoms with Gasteiger partial charge in [-0.2, -0.15) is 0 Å². The molecule has 1 aromatic heterocycles. The molecule has 0 spiro atoms. The molecule has 1 amide bonds. The number of rotatable bonds is 8. The van der Waals surface area contributed by atoms with Crippen LogP contribution in [-0.4, -0.2) is 61.6 Å². The largest absolute Gasteiger partial charge is 0.378 e. The molecule has 1 saturated heterocycles. The number of hydrogen-bond acceptors (Lipinski definition) is 5. The molecule has 130 valence electrons. The number of methoxy groups -OCH3 is 2. The van der Waals surface area contributed by atoms with Crippen LogP contribution in [0.15, 0.2) is 12.4 Å². The van der Waals surface area contributed by atoms with E-state index in [4.69, 9.17) is 14.2 Å². The molecule has 0 aromatic carbocycles. The minimum Gasteiger partial charge on any atom is -0.378 e. The van der Waals surface area contributed by atoms with E-state index in [1.54, 1.807) is 20.4 Å². The molecule has 1 aliphatic rings. The summed E-state index contributed by atoms with van der Waals surface area (Å²) in [6.45, 7) is 4.32. The molecular weight excluding hydrogens is 298 g/mol. The van der Waals surface area contributed by atoms with Gasteiger partial charge >= 0.3 is 0 Å². The summed E-state index contributed by atoms with van der Waals surface area (Å²) in [4.78, 5) is 16.3. The van der Waals surface area contributed by atoms with Crippen molar-refractivity contribution in [2.75, 3.05) is 34.0 Å². The Labute approximate surface area is 137 Å². The van der Waals surface area contributed by atoms with Crippen LogP contribution in [0.5, 0.6) is 0 Å². The first-order valence-corrected chi connectivity index (χ1v) is 8.09. The monoisotopic (exact) mass is 325 g/mol. The van der Waals surface area contributed by atoms with E-state index < -0.39 is 0 Å². The Morgan fingerprint density at radius 2 is 2.26 bits per heavy atom. The third-order valence-electron chi connectivity index (χ3n) is 4.28. The highest BCUT2D eigenvalue weighted by molar-refractivity contribution is 5.75. The number of aryl methyl sites for hydroxylation is 2. The molecule has 1 aliphatic heterocycles. The van der Waals surface area contributed by atoms with Crippen molar-refractivity contribution < 1.29 is 19.0 Å². The molecule has 7 heteroatoms. The van der Waals surface area contributed by atoms with Crippen molar-refractivity contribution in [1.29, 1.82) is 0 Å². The van der Waals surface area contributed by atoms with E-state index in [0.29, 0.717) is 32.7 Å². The number of aromatic nitrogens is 2. The van der Waals surface area contributed by atoms with Gasteiger partial charge in [0.05, 0.1) is 19.3 Å². The average Bonchev–Trinajstić information content (AvgIpc) is 3.05. The molecule has 1 aromatic rings. The molecule has 1 fully saturated rings. The predicted octanol–water partition coefficient (Wildman–Crippen LogP) is 0.628. The van der Waals surface area contributed by atoms with Crippen molar-refractivity contribution >= 4 is 5.91 Å². The molecule has 2 heterocycles. The van der Waals surface area contributed by atoms with Crippen molar-refractivity contribution in [2.45, 2.75) is 38.5 Å². The van der Waals surface area contributed by atoms with Gasteiger partial charge in [0.25, 0.3) is 0 Å². The van der Waals surface area contributed by atoms with Gasteiger partial charge in [0.2, 0.25) is 5.91 Å². The molecule has 0 bridgehead atoms. The number of amides is 1. The van der Waals surface area contributed by atoms with Crippen LogP contribution in [0.3, 0.4) is 0 Å². The van der Waals surface area contributed by atoms with Gasteiger partial charge in [-0.05, 0) is 0 Å². The predicted molar refractivity (Wildman–Crippen MR) is 85.1 cm³/mol. The van der Waals surface area contributed by atoms with Gasteiger partial charge < -0.3 is 24.1 Å². The third-order valence-corrected chi connectivity index (χ3v) is 4.28. The van der Waals surface area contributed by atoms with Crippen LogP contribution in [0.2, 0.25) is 0 Å². The fourth-order valence-electron chi connectivity index (χ4n) is 2.96. The first-order valence-electron chi connectivity index (χ1n) is 8.09. The van der Waals surface area contributed by atoms with Gasteiger partial charge in [0.1, 0.15) is 11.9 Å². The van der Waals surface area contributed by atoms with Crippen molar-refractivity contribution in [3.63, 3.8) is 0 Å². The molecule has 23 heavy (non-hydrogen) atoms. The lowest BCUT2D eigenvalue weighted by atomic mass is 9.96. The Balaban J connectivity index is 1.77. The van der Waals surface area contributed by atoms with Crippen LogP contribution in [0, 0.1) is 5.92 Å². The second-order valence-corrected chi connectivity index (χ2v) is 5.72. The zero-order valence-corrected chi connectivity index (χ0v) is 14.2. The summed E-state index contributed by atoms with van der Waals surface area (Å²) in [5.74, 6) is 1.12. The number of imidazole rings is 1. The van der Waals surface area contributed by atoms with Crippen LogP contribution in [0.1, 0.15) is 19.2 Å². The van der Waals surface area contributed by atoms with Gasteiger partial charge in [-0.3, -0.25) is 4.79 Å². The van der Waals surface area contributed by atoms with Crippen molar-refractivity contribution in [3.05, 3.63) is 18.2 Å². The number of nitrogens with zero attached hydrogens (tertiary/aromatic N) is 2. The maximum absolute atomic E-state index is 12.1. The van der Waals surface area contributed by atoms with E-state index in [0.717, 1.165) is 12.2 Å². The number of hydrogen-bond donors (Lipinski definition) is 1. The Hall–Kier alpha value is -1.44. The second kappa shape index (κ2) is 9.00. The zero-order valence-electron chi connectivity index (χ0n) is 14.2. The van der Waals surface area contributed by atoms with E-state index in [1.807, 2.05) is 10.8 Å². The summed E-state index contributed by atoms with van der Waals surface area (Å²) >= 11 is 0. The molecule has 0 unspecified atom stereocenters. The quantitative estimate of drug-likeness (QED) is 0.759. The van der Waals surface area contributed by atoms with Crippen LogP contribution in [0.4, 0.5) is 0 Å². The van der Waals surface area contributed by atoms with Gasteiger partial charge in [-0.25, -0.2) is 4.98 Å². The summed E-state index contributed by atoms with van der Waals surface area (Å²) in [5.41, 5.74) is 0. The maximum atomic E-state index is 12.1. The summed E-state index contributed by atoms with van der Waals surface area (Å²) in [6.07, 6.45) is 4.82. The lowest BCUT2D eigenvalue weighted by Gasteiger charge is -2.36. The van der Waals surface area contributed by atoms with Gasteiger partial charge in [0.15, 0.2) is 0 Å². The molecule has 1 N–H and O–H groups in total. The number of carbonyl (C=O) groups excluding carboxylic acids is 1. The maximum Gasteiger partial charge on any atom is 0.221 e. The Morgan fingerprint density at radius 3 is 2.96 bits per heavy atom. The third kappa shape index (κ3) is 4.76. The summed E-state index contributed by atoms with van der Waals surface area (Å²) in [7, 11) is 3.32. The number of carbonyl (C=O) groups is 1. The Bertz CT molecular complexity index is 491. The molecule has 2 rings (SSSR count). The topological polar surface area (TPSA) is 74.6 Å². The lowest BCUT2D eigenvalue weighted by molar-refractivity contribution is -0.147. The van der Waals surface area contributed by atoms with Crippen LogP contribution in [-0.2, 0) is 32.0 Å². The minimum atomic E-state index is -0.0892. The second-order valence-electron chi connectivity index (χ2n) is 5.72. The first-order chi connectivity index (χ1) is 11.2. The first kappa shape index (κ1) is 17.9. The highest BCUT2D eigenvalue weighted by Crippen LogP contribution is 2.19. The highest BCUT2D eigenvalue weighted by atomic mass is 16.6. The highest BCUT2D eigenvalue weighted by Gasteiger charge is 2.34. The molecule has 3 atom stereocenters. The molecule has 0 aliphatic carbocycles. The minimum absolute atomic E-state index is 0.0233. The average molecular weight is 325 g/mol. The number of nitrogens with one attached hydrogen (secondary N) is 1. The van der Waals surface area contributed by atoms with Crippen LogP contribution >= 0.6 is 0 Å². The fourth-order valence-corrected chi connectivity index (χ4v) is 2.96. The molecule has 0 saturated carbocycles. The SMILES string of the molecule is CCc1nccn1CCC(=O)NC[C@@H]1COC[C@@H](OC)[C@H]1OC. The Morgan fingerprint density at radius 1 is 1.43 bits per heavy atom. The number of ether oxygens (including phenoxy) is 3. The van der Waals surface area contributed by atoms with Crippen molar-refractivity contribution in [3.8, 4) is 0 Å².